The number of thioether (sulfide) groups is 1. The summed E-state index contributed by atoms with van der Waals surface area (Å²) in [6.07, 6.45) is 0. The molecule has 156 valence electrons. The Kier molecular flexibility index (Phi) is 6.69. The van der Waals surface area contributed by atoms with E-state index in [9.17, 15) is 4.79 Å². The molecule has 0 fully saturated rings. The number of nitrogens with one attached hydrogen (secondary N) is 1. The van der Waals surface area contributed by atoms with E-state index in [0.717, 1.165) is 21.4 Å². The van der Waals surface area contributed by atoms with Gasteiger partial charge in [-0.15, -0.1) is 10.2 Å². The molecular weight excluding hydrogens is 476 g/mol. The molecule has 0 aliphatic heterocycles. The van der Waals surface area contributed by atoms with Crippen molar-refractivity contribution in [1.29, 1.82) is 0 Å². The summed E-state index contributed by atoms with van der Waals surface area (Å²) in [4.78, 5) is 12.5. The number of methoxy groups -OCH3 is 1. The highest BCUT2D eigenvalue weighted by molar-refractivity contribution is 9.10. The van der Waals surface area contributed by atoms with E-state index in [-0.39, 0.29) is 11.7 Å². The van der Waals surface area contributed by atoms with Gasteiger partial charge in [-0.25, -0.2) is 0 Å². The average Bonchev–Trinajstić information content (AvgIpc) is 3.23. The molecule has 1 heterocycles. The lowest BCUT2D eigenvalue weighted by molar-refractivity contribution is -0.113. The molecule has 0 aliphatic carbocycles. The van der Waals surface area contributed by atoms with E-state index in [1.54, 1.807) is 7.11 Å². The molecule has 0 atom stereocenters. The second-order valence-electron chi connectivity index (χ2n) is 6.52. The molecule has 1 N–H and O–H groups in total. The largest absolute Gasteiger partial charge is 0.495 e. The Labute approximate surface area is 192 Å². The van der Waals surface area contributed by atoms with Gasteiger partial charge in [-0.05, 0) is 36.4 Å². The Morgan fingerprint density at radius 3 is 2.45 bits per heavy atom. The molecule has 31 heavy (non-hydrogen) atoms. The van der Waals surface area contributed by atoms with E-state index in [2.05, 4.69) is 31.4 Å². The summed E-state index contributed by atoms with van der Waals surface area (Å²) >= 11 is 4.71. The van der Waals surface area contributed by atoms with Gasteiger partial charge in [0.1, 0.15) is 5.75 Å². The fourth-order valence-corrected chi connectivity index (χ4v) is 4.04. The number of anilines is 1. The van der Waals surface area contributed by atoms with Crippen LogP contribution in [0.1, 0.15) is 0 Å². The molecule has 0 saturated heterocycles. The number of carbonyl (C=O) groups is 1. The van der Waals surface area contributed by atoms with Gasteiger partial charge in [-0.3, -0.25) is 9.36 Å². The number of aromatic nitrogens is 3. The molecular formula is C23H19BrN4O2S. The number of amides is 1. The van der Waals surface area contributed by atoms with E-state index in [1.165, 1.54) is 11.8 Å². The van der Waals surface area contributed by atoms with Crippen molar-refractivity contribution in [2.75, 3.05) is 18.2 Å². The summed E-state index contributed by atoms with van der Waals surface area (Å²) in [5, 5.41) is 12.3. The molecule has 6 nitrogen and oxygen atoms in total. The molecule has 0 spiro atoms. The Morgan fingerprint density at radius 2 is 1.71 bits per heavy atom. The highest BCUT2D eigenvalue weighted by Crippen LogP contribution is 2.32. The van der Waals surface area contributed by atoms with Gasteiger partial charge in [0, 0.05) is 15.7 Å². The number of carbonyl (C=O) groups excluding carboxylic acids is 1. The molecule has 0 bridgehead atoms. The van der Waals surface area contributed by atoms with Crippen molar-refractivity contribution < 1.29 is 9.53 Å². The summed E-state index contributed by atoms with van der Waals surface area (Å²) in [6, 6.07) is 24.9. The molecule has 0 unspecified atom stereocenters. The fraction of sp³-hybridized carbons (Fsp3) is 0.0870. The van der Waals surface area contributed by atoms with E-state index in [1.807, 2.05) is 83.4 Å². The van der Waals surface area contributed by atoms with Crippen LogP contribution >= 0.6 is 27.7 Å². The maximum atomic E-state index is 12.5. The number of para-hydroxylation sites is 2. The summed E-state index contributed by atoms with van der Waals surface area (Å²) in [7, 11) is 1.63. The van der Waals surface area contributed by atoms with Gasteiger partial charge in [-0.1, -0.05) is 70.2 Å². The van der Waals surface area contributed by atoms with Crippen molar-refractivity contribution >= 4 is 39.3 Å². The van der Waals surface area contributed by atoms with Crippen molar-refractivity contribution in [3.63, 3.8) is 0 Å². The number of rotatable bonds is 7. The molecule has 1 aromatic heterocycles. The number of hydrogen-bond acceptors (Lipinski definition) is 5. The predicted molar refractivity (Wildman–Crippen MR) is 127 cm³/mol. The van der Waals surface area contributed by atoms with Crippen LogP contribution in [0.5, 0.6) is 5.75 Å². The van der Waals surface area contributed by atoms with E-state index in [0.29, 0.717) is 16.7 Å². The maximum absolute atomic E-state index is 12.5. The van der Waals surface area contributed by atoms with Crippen LogP contribution < -0.4 is 10.1 Å². The number of halogens is 1. The zero-order chi connectivity index (χ0) is 21.6. The summed E-state index contributed by atoms with van der Waals surface area (Å²) in [5.41, 5.74) is 2.47. The van der Waals surface area contributed by atoms with Crippen LogP contribution in [-0.2, 0) is 4.79 Å². The van der Waals surface area contributed by atoms with E-state index < -0.39 is 0 Å². The van der Waals surface area contributed by atoms with Crippen molar-refractivity contribution in [2.24, 2.45) is 0 Å². The average molecular weight is 495 g/mol. The fourth-order valence-electron chi connectivity index (χ4n) is 3.03. The third kappa shape index (κ3) is 4.98. The van der Waals surface area contributed by atoms with Crippen molar-refractivity contribution in [3.8, 4) is 22.8 Å². The standard InChI is InChI=1S/C23H19BrN4O2S/c1-30-20-10-6-5-9-19(20)28-22(16-7-3-2-4-8-16)26-27-23(28)31-15-21(29)25-18-13-11-17(24)12-14-18/h2-14H,15H2,1H3,(H,25,29). The molecule has 8 heteroatoms. The van der Waals surface area contributed by atoms with Gasteiger partial charge in [0.05, 0.1) is 18.6 Å². The lowest BCUT2D eigenvalue weighted by atomic mass is 10.2. The van der Waals surface area contributed by atoms with E-state index in [4.69, 9.17) is 4.74 Å². The third-order valence-corrected chi connectivity index (χ3v) is 5.91. The van der Waals surface area contributed by atoms with Gasteiger partial charge < -0.3 is 10.1 Å². The topological polar surface area (TPSA) is 69.0 Å². The van der Waals surface area contributed by atoms with Crippen molar-refractivity contribution in [1.82, 2.24) is 14.8 Å². The second-order valence-corrected chi connectivity index (χ2v) is 8.38. The predicted octanol–water partition coefficient (Wildman–Crippen LogP) is 5.44. The minimum absolute atomic E-state index is 0.122. The van der Waals surface area contributed by atoms with Crippen LogP contribution in [0.15, 0.2) is 88.5 Å². The van der Waals surface area contributed by atoms with Crippen LogP contribution in [0.3, 0.4) is 0 Å². The molecule has 4 rings (SSSR count). The lowest BCUT2D eigenvalue weighted by Gasteiger charge is -2.14. The first-order valence-electron chi connectivity index (χ1n) is 9.48. The van der Waals surface area contributed by atoms with Crippen molar-refractivity contribution in [2.45, 2.75) is 5.16 Å². The minimum atomic E-state index is -0.122. The first kappa shape index (κ1) is 21.1. The Balaban J connectivity index is 1.62. The van der Waals surface area contributed by atoms with Gasteiger partial charge in [0.15, 0.2) is 11.0 Å². The van der Waals surface area contributed by atoms with Gasteiger partial charge in [0.25, 0.3) is 0 Å². The van der Waals surface area contributed by atoms with E-state index >= 15 is 0 Å². The molecule has 4 aromatic rings. The zero-order valence-electron chi connectivity index (χ0n) is 16.7. The first-order valence-corrected chi connectivity index (χ1v) is 11.3. The third-order valence-electron chi connectivity index (χ3n) is 4.45. The summed E-state index contributed by atoms with van der Waals surface area (Å²) < 4.78 is 8.44. The molecule has 3 aromatic carbocycles. The Bertz CT molecular complexity index is 1180. The maximum Gasteiger partial charge on any atom is 0.234 e. The van der Waals surface area contributed by atoms with Crippen LogP contribution in [0.25, 0.3) is 17.1 Å². The molecule has 0 aliphatic rings. The number of benzene rings is 3. The summed E-state index contributed by atoms with van der Waals surface area (Å²) in [5.74, 6) is 1.45. The monoisotopic (exact) mass is 494 g/mol. The summed E-state index contributed by atoms with van der Waals surface area (Å²) in [6.45, 7) is 0. The zero-order valence-corrected chi connectivity index (χ0v) is 19.1. The van der Waals surface area contributed by atoms with Crippen LogP contribution in [0.2, 0.25) is 0 Å². The van der Waals surface area contributed by atoms with Crippen LogP contribution in [-0.4, -0.2) is 33.5 Å². The van der Waals surface area contributed by atoms with Crippen LogP contribution in [0.4, 0.5) is 5.69 Å². The SMILES string of the molecule is COc1ccccc1-n1c(SCC(=O)Nc2ccc(Br)cc2)nnc1-c1ccccc1. The second kappa shape index (κ2) is 9.80. The molecule has 1 amide bonds. The van der Waals surface area contributed by atoms with Crippen LogP contribution in [0, 0.1) is 0 Å². The van der Waals surface area contributed by atoms with Gasteiger partial charge in [-0.2, -0.15) is 0 Å². The first-order chi connectivity index (χ1) is 15.2. The van der Waals surface area contributed by atoms with Gasteiger partial charge in [0.2, 0.25) is 5.91 Å². The Hall–Kier alpha value is -3.10. The van der Waals surface area contributed by atoms with Crippen molar-refractivity contribution in [3.05, 3.63) is 83.3 Å². The number of ether oxygens (including phenoxy) is 1. The van der Waals surface area contributed by atoms with Gasteiger partial charge >= 0.3 is 0 Å². The molecule has 0 radical (unpaired) electrons. The highest BCUT2D eigenvalue weighted by atomic mass is 79.9. The Morgan fingerprint density at radius 1 is 1.00 bits per heavy atom. The normalized spacial score (nSPS) is 10.6. The smallest absolute Gasteiger partial charge is 0.234 e. The minimum Gasteiger partial charge on any atom is -0.495 e. The highest BCUT2D eigenvalue weighted by Gasteiger charge is 2.19. The lowest BCUT2D eigenvalue weighted by Crippen LogP contribution is -2.14. The number of hydrogen-bond donors (Lipinski definition) is 1. The molecule has 0 saturated carbocycles. The quantitative estimate of drug-likeness (QED) is 0.346. The number of nitrogens with zero attached hydrogens (tertiary/aromatic N) is 3.